The third-order valence-corrected chi connectivity index (χ3v) is 6.09. The highest BCUT2D eigenvalue weighted by Crippen LogP contribution is 2.32. The number of ether oxygens (including phenoxy) is 1. The number of anilines is 3. The predicted octanol–water partition coefficient (Wildman–Crippen LogP) is 4.33. The molecular formula is C23H26ClN3O3. The van der Waals surface area contributed by atoms with Crippen LogP contribution in [0.5, 0.6) is 5.75 Å². The van der Waals surface area contributed by atoms with Gasteiger partial charge in [0.15, 0.2) is 0 Å². The van der Waals surface area contributed by atoms with Gasteiger partial charge >= 0.3 is 0 Å². The Kier molecular flexibility index (Phi) is 6.13. The van der Waals surface area contributed by atoms with Crippen molar-refractivity contribution in [3.05, 3.63) is 47.5 Å². The summed E-state index contributed by atoms with van der Waals surface area (Å²) in [6, 6.07) is 12.9. The van der Waals surface area contributed by atoms with Crippen molar-refractivity contribution in [2.75, 3.05) is 41.9 Å². The fraction of sp³-hybridized carbons (Fsp3) is 0.391. The standard InChI is InChI=1S/C23H26ClN3O3/c1-30-19-8-6-18(7-9-19)27-15-16(13-22(27)28)23(29)25-17-5-10-21(20(24)14-17)26-11-3-2-4-12-26/h5-10,14,16H,2-4,11-13,15H2,1H3,(H,25,29)/t16-/m0/s1. The minimum atomic E-state index is -0.403. The Morgan fingerprint density at radius 2 is 1.83 bits per heavy atom. The zero-order valence-electron chi connectivity index (χ0n) is 17.1. The summed E-state index contributed by atoms with van der Waals surface area (Å²) in [6.07, 6.45) is 3.80. The SMILES string of the molecule is COc1ccc(N2C[C@@H](C(=O)Nc3ccc(N4CCCCC4)c(Cl)c3)CC2=O)cc1. The molecule has 7 heteroatoms. The highest BCUT2D eigenvalue weighted by atomic mass is 35.5. The van der Waals surface area contributed by atoms with Crippen LogP contribution in [-0.4, -0.2) is 38.6 Å². The molecule has 2 heterocycles. The molecular weight excluding hydrogens is 402 g/mol. The summed E-state index contributed by atoms with van der Waals surface area (Å²) in [4.78, 5) is 29.2. The molecule has 1 atom stereocenters. The average Bonchev–Trinajstić information content (AvgIpc) is 3.16. The van der Waals surface area contributed by atoms with E-state index in [1.165, 1.54) is 19.3 Å². The van der Waals surface area contributed by atoms with Crippen LogP contribution in [0.4, 0.5) is 17.1 Å². The Morgan fingerprint density at radius 1 is 1.10 bits per heavy atom. The number of carbonyl (C=O) groups is 2. The van der Waals surface area contributed by atoms with Crippen LogP contribution in [0.2, 0.25) is 5.02 Å². The second kappa shape index (κ2) is 8.96. The molecule has 158 valence electrons. The molecule has 2 fully saturated rings. The number of rotatable bonds is 5. The van der Waals surface area contributed by atoms with Crippen LogP contribution in [0.25, 0.3) is 0 Å². The number of methoxy groups -OCH3 is 1. The molecule has 0 aromatic heterocycles. The summed E-state index contributed by atoms with van der Waals surface area (Å²) in [5.74, 6) is 0.102. The van der Waals surface area contributed by atoms with Gasteiger partial charge in [0.1, 0.15) is 5.75 Å². The Bertz CT molecular complexity index is 926. The molecule has 0 radical (unpaired) electrons. The monoisotopic (exact) mass is 427 g/mol. The molecule has 2 aliphatic rings. The quantitative estimate of drug-likeness (QED) is 0.771. The van der Waals surface area contributed by atoms with E-state index in [0.717, 1.165) is 30.2 Å². The number of hydrogen-bond acceptors (Lipinski definition) is 4. The largest absolute Gasteiger partial charge is 0.497 e. The van der Waals surface area contributed by atoms with E-state index in [9.17, 15) is 9.59 Å². The van der Waals surface area contributed by atoms with Gasteiger partial charge in [0.25, 0.3) is 0 Å². The summed E-state index contributed by atoms with van der Waals surface area (Å²) >= 11 is 6.49. The molecule has 0 spiro atoms. The number of nitrogens with one attached hydrogen (secondary N) is 1. The van der Waals surface area contributed by atoms with Crippen molar-refractivity contribution >= 4 is 40.5 Å². The van der Waals surface area contributed by atoms with Gasteiger partial charge in [-0.1, -0.05) is 11.6 Å². The van der Waals surface area contributed by atoms with E-state index in [4.69, 9.17) is 16.3 Å². The number of benzene rings is 2. The van der Waals surface area contributed by atoms with Crippen LogP contribution in [0.1, 0.15) is 25.7 Å². The Labute approximate surface area is 181 Å². The van der Waals surface area contributed by atoms with Crippen molar-refractivity contribution in [1.82, 2.24) is 0 Å². The highest BCUT2D eigenvalue weighted by Gasteiger charge is 2.35. The number of carbonyl (C=O) groups excluding carboxylic acids is 2. The van der Waals surface area contributed by atoms with Gasteiger partial charge in [-0.3, -0.25) is 9.59 Å². The normalized spacial score (nSPS) is 19.1. The number of piperidine rings is 1. The molecule has 2 saturated heterocycles. The molecule has 0 saturated carbocycles. The van der Waals surface area contributed by atoms with Gasteiger partial charge in [-0.2, -0.15) is 0 Å². The van der Waals surface area contributed by atoms with Crippen molar-refractivity contribution in [2.45, 2.75) is 25.7 Å². The van der Waals surface area contributed by atoms with E-state index in [1.807, 2.05) is 36.4 Å². The van der Waals surface area contributed by atoms with Crippen molar-refractivity contribution in [3.63, 3.8) is 0 Å². The Morgan fingerprint density at radius 3 is 2.50 bits per heavy atom. The maximum Gasteiger partial charge on any atom is 0.229 e. The summed E-state index contributed by atoms with van der Waals surface area (Å²) in [5, 5.41) is 3.56. The van der Waals surface area contributed by atoms with Crippen LogP contribution in [0.15, 0.2) is 42.5 Å². The number of nitrogens with zero attached hydrogens (tertiary/aromatic N) is 2. The maximum absolute atomic E-state index is 12.8. The predicted molar refractivity (Wildman–Crippen MR) is 120 cm³/mol. The zero-order chi connectivity index (χ0) is 21.1. The smallest absolute Gasteiger partial charge is 0.229 e. The molecule has 6 nitrogen and oxygen atoms in total. The van der Waals surface area contributed by atoms with E-state index >= 15 is 0 Å². The average molecular weight is 428 g/mol. The fourth-order valence-electron chi connectivity index (χ4n) is 4.12. The summed E-state index contributed by atoms with van der Waals surface area (Å²) in [7, 11) is 1.60. The second-order valence-electron chi connectivity index (χ2n) is 7.81. The number of hydrogen-bond donors (Lipinski definition) is 1. The summed E-state index contributed by atoms with van der Waals surface area (Å²) < 4.78 is 5.16. The lowest BCUT2D eigenvalue weighted by molar-refractivity contribution is -0.122. The third-order valence-electron chi connectivity index (χ3n) is 5.79. The van der Waals surface area contributed by atoms with Crippen molar-refractivity contribution in [3.8, 4) is 5.75 Å². The lowest BCUT2D eigenvalue weighted by Gasteiger charge is -2.29. The van der Waals surface area contributed by atoms with Gasteiger partial charge in [0.05, 0.1) is 23.7 Å². The topological polar surface area (TPSA) is 61.9 Å². The summed E-state index contributed by atoms with van der Waals surface area (Å²) in [6.45, 7) is 2.38. The first kappa shape index (κ1) is 20.5. The first-order valence-corrected chi connectivity index (χ1v) is 10.7. The summed E-state index contributed by atoms with van der Waals surface area (Å²) in [5.41, 5.74) is 2.43. The molecule has 0 aliphatic carbocycles. The molecule has 0 bridgehead atoms. The molecule has 1 N–H and O–H groups in total. The molecule has 2 amide bonds. The molecule has 30 heavy (non-hydrogen) atoms. The van der Waals surface area contributed by atoms with Gasteiger partial charge in [0.2, 0.25) is 11.8 Å². The lowest BCUT2D eigenvalue weighted by atomic mass is 10.1. The van der Waals surface area contributed by atoms with Gasteiger partial charge in [-0.15, -0.1) is 0 Å². The van der Waals surface area contributed by atoms with E-state index < -0.39 is 5.92 Å². The fourth-order valence-corrected chi connectivity index (χ4v) is 4.42. The Balaban J connectivity index is 1.40. The van der Waals surface area contributed by atoms with Gasteiger partial charge < -0.3 is 19.9 Å². The van der Waals surface area contributed by atoms with E-state index in [0.29, 0.717) is 17.3 Å². The van der Waals surface area contributed by atoms with Crippen LogP contribution in [0.3, 0.4) is 0 Å². The minimum absolute atomic E-state index is 0.0567. The van der Waals surface area contributed by atoms with Gasteiger partial charge in [0, 0.05) is 37.4 Å². The molecule has 4 rings (SSSR count). The molecule has 2 aromatic rings. The van der Waals surface area contributed by atoms with Crippen molar-refractivity contribution in [1.29, 1.82) is 0 Å². The molecule has 2 aliphatic heterocycles. The van der Waals surface area contributed by atoms with Gasteiger partial charge in [-0.05, 0) is 61.7 Å². The molecule has 0 unspecified atom stereocenters. The maximum atomic E-state index is 12.8. The third kappa shape index (κ3) is 4.38. The van der Waals surface area contributed by atoms with Crippen LogP contribution in [0, 0.1) is 5.92 Å². The van der Waals surface area contributed by atoms with E-state index in [2.05, 4.69) is 10.2 Å². The van der Waals surface area contributed by atoms with Gasteiger partial charge in [-0.25, -0.2) is 0 Å². The van der Waals surface area contributed by atoms with Crippen molar-refractivity contribution in [2.24, 2.45) is 5.92 Å². The van der Waals surface area contributed by atoms with Crippen LogP contribution < -0.4 is 19.9 Å². The van der Waals surface area contributed by atoms with Crippen LogP contribution >= 0.6 is 11.6 Å². The number of amides is 2. The molecule has 2 aromatic carbocycles. The Hall–Kier alpha value is -2.73. The number of halogens is 1. The van der Waals surface area contributed by atoms with Crippen LogP contribution in [-0.2, 0) is 9.59 Å². The second-order valence-corrected chi connectivity index (χ2v) is 8.21. The van der Waals surface area contributed by atoms with Crippen molar-refractivity contribution < 1.29 is 14.3 Å². The lowest BCUT2D eigenvalue weighted by Crippen LogP contribution is -2.29. The zero-order valence-corrected chi connectivity index (χ0v) is 17.8. The minimum Gasteiger partial charge on any atom is -0.497 e. The highest BCUT2D eigenvalue weighted by molar-refractivity contribution is 6.33. The first-order valence-electron chi connectivity index (χ1n) is 10.3. The van der Waals surface area contributed by atoms with E-state index in [-0.39, 0.29) is 18.2 Å². The van der Waals surface area contributed by atoms with E-state index in [1.54, 1.807) is 18.1 Å². The first-order chi connectivity index (χ1) is 14.5.